The Morgan fingerprint density at radius 1 is 1.67 bits per heavy atom. The third kappa shape index (κ3) is 3.89. The molecule has 5 nitrogen and oxygen atoms in total. The molecule has 1 unspecified atom stereocenters. The van der Waals surface area contributed by atoms with Gasteiger partial charge in [0.25, 0.3) is 5.91 Å². The van der Waals surface area contributed by atoms with E-state index in [4.69, 9.17) is 5.84 Å². The Kier molecular flexibility index (Phi) is 5.94. The lowest BCUT2D eigenvalue weighted by Gasteiger charge is -2.25. The van der Waals surface area contributed by atoms with Gasteiger partial charge >= 0.3 is 0 Å². The molecule has 0 aliphatic carbocycles. The lowest BCUT2D eigenvalue weighted by molar-refractivity contribution is 0.0741. The van der Waals surface area contributed by atoms with Crippen molar-refractivity contribution in [2.75, 3.05) is 24.5 Å². The Bertz CT molecular complexity index is 399. The Hall–Kier alpha value is -1.27. The quantitative estimate of drug-likeness (QED) is 0.605. The van der Waals surface area contributed by atoms with E-state index in [1.165, 1.54) is 0 Å². The molecule has 0 saturated heterocycles. The molecule has 6 heteroatoms. The fourth-order valence-corrected chi connectivity index (χ4v) is 2.11. The van der Waals surface area contributed by atoms with Crippen molar-refractivity contribution in [2.45, 2.75) is 19.4 Å². The van der Waals surface area contributed by atoms with Crippen LogP contribution in [0.4, 0.5) is 5.82 Å². The summed E-state index contributed by atoms with van der Waals surface area (Å²) in [5.41, 5.74) is 3.03. The summed E-state index contributed by atoms with van der Waals surface area (Å²) in [6.45, 7) is 2.05. The van der Waals surface area contributed by atoms with E-state index in [9.17, 15) is 4.79 Å². The van der Waals surface area contributed by atoms with Crippen LogP contribution in [0, 0.1) is 0 Å². The van der Waals surface area contributed by atoms with Gasteiger partial charge in [0.1, 0.15) is 5.82 Å². The number of nitrogen functional groups attached to an aromatic ring is 1. The van der Waals surface area contributed by atoms with Crippen molar-refractivity contribution in [1.29, 1.82) is 0 Å². The average molecular weight is 268 g/mol. The third-order valence-corrected chi connectivity index (χ3v) is 3.52. The Morgan fingerprint density at radius 3 is 3.00 bits per heavy atom. The lowest BCUT2D eigenvalue weighted by atomic mass is 10.2. The monoisotopic (exact) mass is 268 g/mol. The summed E-state index contributed by atoms with van der Waals surface area (Å²) in [6, 6.07) is 3.56. The van der Waals surface area contributed by atoms with Gasteiger partial charge in [-0.05, 0) is 37.5 Å². The van der Waals surface area contributed by atoms with Gasteiger partial charge in [0.05, 0.1) is 0 Å². The van der Waals surface area contributed by atoms with Crippen molar-refractivity contribution >= 4 is 23.5 Å². The molecule has 18 heavy (non-hydrogen) atoms. The molecule has 0 aromatic carbocycles. The first-order valence-electron chi connectivity index (χ1n) is 5.79. The summed E-state index contributed by atoms with van der Waals surface area (Å²) in [5, 5.41) is 0. The number of anilines is 1. The third-order valence-electron chi connectivity index (χ3n) is 2.88. The van der Waals surface area contributed by atoms with Crippen molar-refractivity contribution in [2.24, 2.45) is 5.84 Å². The number of aromatic nitrogens is 1. The maximum absolute atomic E-state index is 12.2. The van der Waals surface area contributed by atoms with Crippen molar-refractivity contribution in [3.63, 3.8) is 0 Å². The number of thioether (sulfide) groups is 1. The number of carbonyl (C=O) groups excluding carboxylic acids is 1. The number of hydrogen-bond acceptors (Lipinski definition) is 5. The molecule has 0 radical (unpaired) electrons. The van der Waals surface area contributed by atoms with Crippen LogP contribution in [0.1, 0.15) is 23.7 Å². The number of nitrogens with two attached hydrogens (primary N) is 1. The molecule has 0 aliphatic heterocycles. The minimum atomic E-state index is -0.0116. The Balaban J connectivity index is 2.72. The molecule has 0 aliphatic rings. The predicted molar refractivity (Wildman–Crippen MR) is 76.6 cm³/mol. The van der Waals surface area contributed by atoms with E-state index >= 15 is 0 Å². The molecule has 0 fully saturated rings. The number of amides is 1. The number of nitrogens with zero attached hydrogens (tertiary/aromatic N) is 2. The zero-order valence-electron chi connectivity index (χ0n) is 11.0. The summed E-state index contributed by atoms with van der Waals surface area (Å²) in [4.78, 5) is 18.0. The summed E-state index contributed by atoms with van der Waals surface area (Å²) >= 11 is 1.79. The van der Waals surface area contributed by atoms with Crippen LogP contribution in [-0.4, -0.2) is 40.9 Å². The van der Waals surface area contributed by atoms with Gasteiger partial charge in [0.2, 0.25) is 0 Å². The first-order valence-corrected chi connectivity index (χ1v) is 7.18. The highest BCUT2D eigenvalue weighted by molar-refractivity contribution is 7.98. The van der Waals surface area contributed by atoms with E-state index in [0.717, 1.165) is 12.2 Å². The van der Waals surface area contributed by atoms with Crippen LogP contribution in [-0.2, 0) is 0 Å². The fourth-order valence-electron chi connectivity index (χ4n) is 1.53. The highest BCUT2D eigenvalue weighted by Gasteiger charge is 2.17. The van der Waals surface area contributed by atoms with Gasteiger partial charge in [-0.2, -0.15) is 11.8 Å². The maximum atomic E-state index is 12.2. The Labute approximate surface area is 112 Å². The number of rotatable bonds is 6. The highest BCUT2D eigenvalue weighted by Crippen LogP contribution is 2.12. The van der Waals surface area contributed by atoms with Crippen LogP contribution in [0.2, 0.25) is 0 Å². The zero-order valence-corrected chi connectivity index (χ0v) is 11.8. The molecule has 0 saturated carbocycles. The van der Waals surface area contributed by atoms with Gasteiger partial charge in [0.15, 0.2) is 0 Å². The number of hydrogen-bond donors (Lipinski definition) is 2. The first kappa shape index (κ1) is 14.8. The molecule has 1 rings (SSSR count). The normalized spacial score (nSPS) is 12.0. The van der Waals surface area contributed by atoms with Crippen LogP contribution in [0.15, 0.2) is 18.3 Å². The largest absolute Gasteiger partial charge is 0.339 e. The van der Waals surface area contributed by atoms with Crippen molar-refractivity contribution in [3.05, 3.63) is 23.9 Å². The maximum Gasteiger partial charge on any atom is 0.254 e. The standard InChI is InChI=1S/C12H20N4OS/c1-9(5-7-18-3)16(2)12(17)10-4-6-14-11(8-10)15-13/h4,6,8-9H,5,7,13H2,1-3H3,(H,14,15). The van der Waals surface area contributed by atoms with Crippen LogP contribution in [0.5, 0.6) is 0 Å². The summed E-state index contributed by atoms with van der Waals surface area (Å²) in [6.07, 6.45) is 4.62. The molecule has 100 valence electrons. The number of pyridine rings is 1. The lowest BCUT2D eigenvalue weighted by Crippen LogP contribution is -2.35. The van der Waals surface area contributed by atoms with Gasteiger partial charge in [-0.3, -0.25) is 4.79 Å². The second kappa shape index (κ2) is 7.23. The SMILES string of the molecule is CSCCC(C)N(C)C(=O)c1ccnc(NN)c1. The number of carbonyl (C=O) groups is 1. The molecule has 1 atom stereocenters. The molecule has 1 heterocycles. The smallest absolute Gasteiger partial charge is 0.254 e. The minimum Gasteiger partial charge on any atom is -0.339 e. The predicted octanol–water partition coefficient (Wildman–Crippen LogP) is 1.58. The molecule has 0 bridgehead atoms. The molecule has 3 N–H and O–H groups in total. The van der Waals surface area contributed by atoms with Crippen LogP contribution in [0.25, 0.3) is 0 Å². The van der Waals surface area contributed by atoms with Gasteiger partial charge in [-0.1, -0.05) is 0 Å². The van der Waals surface area contributed by atoms with Crippen molar-refractivity contribution < 1.29 is 4.79 Å². The fraction of sp³-hybridized carbons (Fsp3) is 0.500. The van der Waals surface area contributed by atoms with Crippen molar-refractivity contribution in [1.82, 2.24) is 9.88 Å². The van der Waals surface area contributed by atoms with E-state index in [0.29, 0.717) is 11.4 Å². The van der Waals surface area contributed by atoms with Crippen LogP contribution < -0.4 is 11.3 Å². The van der Waals surface area contributed by atoms with E-state index in [1.54, 1.807) is 35.0 Å². The van der Waals surface area contributed by atoms with E-state index in [2.05, 4.69) is 23.6 Å². The van der Waals surface area contributed by atoms with Crippen LogP contribution >= 0.6 is 11.8 Å². The summed E-state index contributed by atoms with van der Waals surface area (Å²) in [7, 11) is 1.82. The summed E-state index contributed by atoms with van der Waals surface area (Å²) < 4.78 is 0. The van der Waals surface area contributed by atoms with E-state index in [-0.39, 0.29) is 11.9 Å². The summed E-state index contributed by atoms with van der Waals surface area (Å²) in [5.74, 6) is 6.81. The van der Waals surface area contributed by atoms with Gasteiger partial charge < -0.3 is 10.3 Å². The van der Waals surface area contributed by atoms with E-state index < -0.39 is 0 Å². The minimum absolute atomic E-state index is 0.0116. The molecular formula is C12H20N4OS. The average Bonchev–Trinajstić information content (AvgIpc) is 2.43. The molecule has 1 amide bonds. The Morgan fingerprint density at radius 2 is 2.39 bits per heavy atom. The second-order valence-corrected chi connectivity index (χ2v) is 5.11. The van der Waals surface area contributed by atoms with Gasteiger partial charge in [-0.25, -0.2) is 10.8 Å². The topological polar surface area (TPSA) is 71.2 Å². The van der Waals surface area contributed by atoms with E-state index in [1.807, 2.05) is 7.05 Å². The first-order chi connectivity index (χ1) is 8.60. The number of hydrazine groups is 1. The molecular weight excluding hydrogens is 248 g/mol. The highest BCUT2D eigenvalue weighted by atomic mass is 32.2. The van der Waals surface area contributed by atoms with Crippen LogP contribution in [0.3, 0.4) is 0 Å². The zero-order chi connectivity index (χ0) is 13.5. The molecule has 1 aromatic heterocycles. The van der Waals surface area contributed by atoms with Crippen molar-refractivity contribution in [3.8, 4) is 0 Å². The number of nitrogens with one attached hydrogen (secondary N) is 1. The second-order valence-electron chi connectivity index (χ2n) is 4.12. The van der Waals surface area contributed by atoms with Gasteiger partial charge in [0, 0.05) is 24.8 Å². The molecule has 1 aromatic rings. The van der Waals surface area contributed by atoms with Gasteiger partial charge in [-0.15, -0.1) is 0 Å². The molecule has 0 spiro atoms.